The smallest absolute Gasteiger partial charge is 0.254 e. The molecule has 0 spiro atoms. The molecule has 7 nitrogen and oxygen atoms in total. The van der Waals surface area contributed by atoms with Gasteiger partial charge in [-0.15, -0.1) is 0 Å². The first-order chi connectivity index (χ1) is 13.9. The number of anilines is 1. The molecule has 3 amide bonds. The summed E-state index contributed by atoms with van der Waals surface area (Å²) in [5.41, 5.74) is -0.113. The van der Waals surface area contributed by atoms with Gasteiger partial charge in [-0.25, -0.2) is 9.37 Å². The second-order valence-electron chi connectivity index (χ2n) is 6.69. The molecule has 2 heterocycles. The van der Waals surface area contributed by atoms with Crippen LogP contribution in [0.4, 0.5) is 10.2 Å². The standard InChI is InChI=1S/C20H20BrFN4O3/c21-14-7-8-17(23-10-14)25-19(28)13-4-3-9-26(12-13)18(27)11-24-20(29)15-5-1-2-6-16(15)22/h1-2,5-8,10,13H,3-4,9,11-12H2,(H,24,29)(H,23,25,28). The maximum Gasteiger partial charge on any atom is 0.254 e. The van der Waals surface area contributed by atoms with Crippen LogP contribution in [0, 0.1) is 11.7 Å². The Morgan fingerprint density at radius 2 is 2.00 bits per heavy atom. The van der Waals surface area contributed by atoms with Crippen LogP contribution in [0.2, 0.25) is 0 Å². The molecule has 0 bridgehead atoms. The number of hydrogen-bond acceptors (Lipinski definition) is 4. The van der Waals surface area contributed by atoms with E-state index in [1.165, 1.54) is 18.2 Å². The molecule has 1 atom stereocenters. The lowest BCUT2D eigenvalue weighted by atomic mass is 9.97. The van der Waals surface area contributed by atoms with Gasteiger partial charge >= 0.3 is 0 Å². The summed E-state index contributed by atoms with van der Waals surface area (Å²) in [6, 6.07) is 9.04. The summed E-state index contributed by atoms with van der Waals surface area (Å²) in [7, 11) is 0. The fourth-order valence-electron chi connectivity index (χ4n) is 3.10. The number of aromatic nitrogens is 1. The van der Waals surface area contributed by atoms with Crippen molar-refractivity contribution in [2.24, 2.45) is 5.92 Å². The highest BCUT2D eigenvalue weighted by Gasteiger charge is 2.28. The number of amides is 3. The van der Waals surface area contributed by atoms with E-state index >= 15 is 0 Å². The Bertz CT molecular complexity index is 907. The molecule has 2 aromatic rings. The maximum atomic E-state index is 13.7. The van der Waals surface area contributed by atoms with Gasteiger partial charge in [-0.3, -0.25) is 14.4 Å². The van der Waals surface area contributed by atoms with Crippen molar-refractivity contribution in [1.29, 1.82) is 0 Å². The zero-order chi connectivity index (χ0) is 20.8. The fraction of sp³-hybridized carbons (Fsp3) is 0.300. The topological polar surface area (TPSA) is 91.4 Å². The predicted octanol–water partition coefficient (Wildman–Crippen LogP) is 2.59. The summed E-state index contributed by atoms with van der Waals surface area (Å²) >= 11 is 3.29. The van der Waals surface area contributed by atoms with Gasteiger partial charge in [-0.1, -0.05) is 12.1 Å². The molecule has 9 heteroatoms. The summed E-state index contributed by atoms with van der Waals surface area (Å²) in [4.78, 5) is 42.7. The zero-order valence-corrected chi connectivity index (χ0v) is 17.1. The molecule has 1 aromatic carbocycles. The van der Waals surface area contributed by atoms with E-state index in [-0.39, 0.29) is 36.4 Å². The van der Waals surface area contributed by atoms with E-state index in [0.717, 1.165) is 4.47 Å². The molecule has 1 unspecified atom stereocenters. The molecule has 1 aromatic heterocycles. The first kappa shape index (κ1) is 20.9. The summed E-state index contributed by atoms with van der Waals surface area (Å²) in [6.07, 6.45) is 2.93. The van der Waals surface area contributed by atoms with Crippen LogP contribution < -0.4 is 10.6 Å². The van der Waals surface area contributed by atoms with Gasteiger partial charge in [0.2, 0.25) is 11.8 Å². The quantitative estimate of drug-likeness (QED) is 0.714. The van der Waals surface area contributed by atoms with E-state index in [9.17, 15) is 18.8 Å². The molecule has 2 N–H and O–H groups in total. The highest BCUT2D eigenvalue weighted by molar-refractivity contribution is 9.10. The van der Waals surface area contributed by atoms with Crippen molar-refractivity contribution in [1.82, 2.24) is 15.2 Å². The number of carbonyl (C=O) groups excluding carboxylic acids is 3. The number of pyridine rings is 1. The average molecular weight is 463 g/mol. The molecular weight excluding hydrogens is 443 g/mol. The monoisotopic (exact) mass is 462 g/mol. The molecule has 152 valence electrons. The normalized spacial score (nSPS) is 16.2. The number of rotatable bonds is 5. The molecule has 0 radical (unpaired) electrons. The van der Waals surface area contributed by atoms with Crippen LogP contribution in [0.1, 0.15) is 23.2 Å². The minimum absolute atomic E-state index is 0.113. The maximum absolute atomic E-state index is 13.7. The van der Waals surface area contributed by atoms with Crippen molar-refractivity contribution in [3.63, 3.8) is 0 Å². The van der Waals surface area contributed by atoms with E-state index in [1.807, 2.05) is 0 Å². The van der Waals surface area contributed by atoms with Crippen LogP contribution in [0.15, 0.2) is 47.1 Å². The van der Waals surface area contributed by atoms with Crippen molar-refractivity contribution in [2.45, 2.75) is 12.8 Å². The molecule has 0 aliphatic carbocycles. The van der Waals surface area contributed by atoms with Crippen molar-refractivity contribution < 1.29 is 18.8 Å². The van der Waals surface area contributed by atoms with Crippen molar-refractivity contribution in [3.8, 4) is 0 Å². The highest BCUT2D eigenvalue weighted by Crippen LogP contribution is 2.19. The predicted molar refractivity (Wildman–Crippen MR) is 109 cm³/mol. The third kappa shape index (κ3) is 5.60. The van der Waals surface area contributed by atoms with Gasteiger partial charge in [0.1, 0.15) is 11.6 Å². The van der Waals surface area contributed by atoms with Crippen LogP contribution in [-0.2, 0) is 9.59 Å². The van der Waals surface area contributed by atoms with Gasteiger partial charge in [0.15, 0.2) is 0 Å². The third-order valence-corrected chi connectivity index (χ3v) is 5.11. The van der Waals surface area contributed by atoms with Gasteiger partial charge in [-0.2, -0.15) is 0 Å². The summed E-state index contributed by atoms with van der Waals surface area (Å²) in [6.45, 7) is 0.515. The van der Waals surface area contributed by atoms with E-state index in [1.54, 1.807) is 29.3 Å². The number of likely N-dealkylation sites (tertiary alicyclic amines) is 1. The molecule has 29 heavy (non-hydrogen) atoms. The van der Waals surface area contributed by atoms with Gasteiger partial charge < -0.3 is 15.5 Å². The Balaban J connectivity index is 1.52. The van der Waals surface area contributed by atoms with Crippen molar-refractivity contribution in [2.75, 3.05) is 25.0 Å². The molecule has 1 fully saturated rings. The molecular formula is C20H20BrFN4O3. The van der Waals surface area contributed by atoms with Crippen molar-refractivity contribution in [3.05, 3.63) is 58.4 Å². The molecule has 0 saturated carbocycles. The SMILES string of the molecule is O=C(NCC(=O)N1CCCC(C(=O)Nc2ccc(Br)cn2)C1)c1ccccc1F. The molecule has 1 aliphatic heterocycles. The van der Waals surface area contributed by atoms with E-state index in [4.69, 9.17) is 0 Å². The fourth-order valence-corrected chi connectivity index (χ4v) is 3.34. The Hall–Kier alpha value is -2.81. The lowest BCUT2D eigenvalue weighted by Crippen LogP contribution is -2.47. The lowest BCUT2D eigenvalue weighted by Gasteiger charge is -2.32. The Morgan fingerprint density at radius 3 is 2.72 bits per heavy atom. The highest BCUT2D eigenvalue weighted by atomic mass is 79.9. The van der Waals surface area contributed by atoms with Gasteiger partial charge in [0.05, 0.1) is 18.0 Å². The Labute approximate surface area is 175 Å². The van der Waals surface area contributed by atoms with Crippen LogP contribution in [0.25, 0.3) is 0 Å². The summed E-state index contributed by atoms with van der Waals surface area (Å²) in [5.74, 6) is -1.72. The zero-order valence-electron chi connectivity index (χ0n) is 15.5. The van der Waals surface area contributed by atoms with Gasteiger partial charge in [0, 0.05) is 23.8 Å². The number of carbonyl (C=O) groups is 3. The number of benzene rings is 1. The minimum atomic E-state index is -0.649. The summed E-state index contributed by atoms with van der Waals surface area (Å²) in [5, 5.41) is 5.20. The number of piperidine rings is 1. The Morgan fingerprint density at radius 1 is 1.21 bits per heavy atom. The van der Waals surface area contributed by atoms with E-state index < -0.39 is 11.7 Å². The Kier molecular flexibility index (Phi) is 6.92. The number of hydrogen-bond donors (Lipinski definition) is 2. The molecule has 3 rings (SSSR count). The lowest BCUT2D eigenvalue weighted by molar-refractivity contribution is -0.133. The van der Waals surface area contributed by atoms with Crippen LogP contribution >= 0.6 is 15.9 Å². The third-order valence-electron chi connectivity index (χ3n) is 4.64. The first-order valence-corrected chi connectivity index (χ1v) is 9.96. The average Bonchev–Trinajstić information content (AvgIpc) is 2.73. The van der Waals surface area contributed by atoms with Gasteiger partial charge in [-0.05, 0) is 53.0 Å². The largest absolute Gasteiger partial charge is 0.343 e. The second-order valence-corrected chi connectivity index (χ2v) is 7.61. The van der Waals surface area contributed by atoms with Crippen molar-refractivity contribution >= 4 is 39.5 Å². The van der Waals surface area contributed by atoms with Crippen LogP contribution in [-0.4, -0.2) is 47.2 Å². The first-order valence-electron chi connectivity index (χ1n) is 9.17. The van der Waals surface area contributed by atoms with Crippen LogP contribution in [0.5, 0.6) is 0 Å². The second kappa shape index (κ2) is 9.60. The number of halogens is 2. The number of nitrogens with one attached hydrogen (secondary N) is 2. The molecule has 1 saturated heterocycles. The number of nitrogens with zero attached hydrogens (tertiary/aromatic N) is 2. The summed E-state index contributed by atoms with van der Waals surface area (Å²) < 4.78 is 14.5. The van der Waals surface area contributed by atoms with Crippen LogP contribution in [0.3, 0.4) is 0 Å². The molecule has 1 aliphatic rings. The van der Waals surface area contributed by atoms with E-state index in [0.29, 0.717) is 25.2 Å². The minimum Gasteiger partial charge on any atom is -0.343 e. The van der Waals surface area contributed by atoms with Gasteiger partial charge in [0.25, 0.3) is 5.91 Å². The van der Waals surface area contributed by atoms with E-state index in [2.05, 4.69) is 31.5 Å².